The molecule has 0 unspecified atom stereocenters. The van der Waals surface area contributed by atoms with E-state index in [-0.39, 0.29) is 6.04 Å². The van der Waals surface area contributed by atoms with E-state index >= 15 is 0 Å². The molecule has 106 valence electrons. The molecule has 1 aromatic rings. The highest BCUT2D eigenvalue weighted by atomic mass is 32.2. The summed E-state index contributed by atoms with van der Waals surface area (Å²) in [6.45, 7) is 3.03. The predicted octanol–water partition coefficient (Wildman–Crippen LogP) is 0.599. The van der Waals surface area contributed by atoms with Gasteiger partial charge in [-0.3, -0.25) is 9.97 Å². The molecule has 0 aromatic carbocycles. The van der Waals surface area contributed by atoms with Crippen molar-refractivity contribution in [2.45, 2.75) is 37.5 Å². The van der Waals surface area contributed by atoms with Crippen LogP contribution in [0.15, 0.2) is 18.6 Å². The summed E-state index contributed by atoms with van der Waals surface area (Å²) >= 11 is 0. The van der Waals surface area contributed by atoms with Gasteiger partial charge in [0.05, 0.1) is 5.69 Å². The topological polar surface area (TPSA) is 84.0 Å². The number of nitrogens with one attached hydrogen (secondary N) is 2. The first-order valence-corrected chi connectivity index (χ1v) is 8.12. The monoisotopic (exact) mass is 284 g/mol. The van der Waals surface area contributed by atoms with Gasteiger partial charge in [-0.05, 0) is 26.3 Å². The highest BCUT2D eigenvalue weighted by molar-refractivity contribution is 7.89. The molecule has 6 nitrogen and oxygen atoms in total. The SMILES string of the molecule is C[C@@H](c1cnccn1)S(=O)(=O)NC[C@H]1CCCCN1. The maximum atomic E-state index is 12.2. The van der Waals surface area contributed by atoms with E-state index in [0.29, 0.717) is 12.2 Å². The third-order valence-corrected chi connectivity index (χ3v) is 5.15. The summed E-state index contributed by atoms with van der Waals surface area (Å²) in [6.07, 6.45) is 7.86. The van der Waals surface area contributed by atoms with Crippen molar-refractivity contribution in [1.82, 2.24) is 20.0 Å². The van der Waals surface area contributed by atoms with Crippen LogP contribution in [0.1, 0.15) is 37.1 Å². The third-order valence-electron chi connectivity index (χ3n) is 3.41. The Morgan fingerprint density at radius 3 is 2.95 bits per heavy atom. The second-order valence-electron chi connectivity index (χ2n) is 4.81. The Balaban J connectivity index is 1.94. The average molecular weight is 284 g/mol. The molecule has 1 aliphatic rings. The third kappa shape index (κ3) is 3.95. The maximum Gasteiger partial charge on any atom is 0.220 e. The Morgan fingerprint density at radius 2 is 2.32 bits per heavy atom. The fourth-order valence-electron chi connectivity index (χ4n) is 2.12. The Bertz CT molecular complexity index is 486. The van der Waals surface area contributed by atoms with Gasteiger partial charge in [-0.1, -0.05) is 6.42 Å². The van der Waals surface area contributed by atoms with Crippen molar-refractivity contribution < 1.29 is 8.42 Å². The molecule has 1 aliphatic heterocycles. The van der Waals surface area contributed by atoms with Gasteiger partial charge >= 0.3 is 0 Å². The number of hydrogen-bond acceptors (Lipinski definition) is 5. The number of nitrogens with zero attached hydrogens (tertiary/aromatic N) is 2. The summed E-state index contributed by atoms with van der Waals surface area (Å²) in [7, 11) is -3.41. The number of sulfonamides is 1. The van der Waals surface area contributed by atoms with Crippen molar-refractivity contribution in [2.75, 3.05) is 13.1 Å². The molecule has 1 saturated heterocycles. The zero-order valence-electron chi connectivity index (χ0n) is 11.0. The van der Waals surface area contributed by atoms with Gasteiger partial charge in [0.25, 0.3) is 0 Å². The average Bonchev–Trinajstić information content (AvgIpc) is 2.46. The van der Waals surface area contributed by atoms with Crippen LogP contribution in [0.25, 0.3) is 0 Å². The minimum absolute atomic E-state index is 0.234. The molecule has 1 aromatic heterocycles. The molecule has 0 radical (unpaired) electrons. The fourth-order valence-corrected chi connectivity index (χ4v) is 3.24. The number of aromatic nitrogens is 2. The molecular formula is C12H20N4O2S. The van der Waals surface area contributed by atoms with E-state index in [2.05, 4.69) is 20.0 Å². The first kappa shape index (κ1) is 14.4. The minimum Gasteiger partial charge on any atom is -0.313 e. The van der Waals surface area contributed by atoms with Crippen molar-refractivity contribution in [3.05, 3.63) is 24.3 Å². The molecule has 0 spiro atoms. The van der Waals surface area contributed by atoms with Gasteiger partial charge in [0.15, 0.2) is 0 Å². The minimum atomic E-state index is -3.41. The quantitative estimate of drug-likeness (QED) is 0.827. The van der Waals surface area contributed by atoms with Gasteiger partial charge in [0.1, 0.15) is 5.25 Å². The maximum absolute atomic E-state index is 12.2. The molecular weight excluding hydrogens is 264 g/mol. The lowest BCUT2D eigenvalue weighted by atomic mass is 10.1. The lowest BCUT2D eigenvalue weighted by molar-refractivity contribution is 0.397. The van der Waals surface area contributed by atoms with Crippen LogP contribution < -0.4 is 10.0 Å². The number of piperidine rings is 1. The van der Waals surface area contributed by atoms with Crippen LogP contribution in [0.3, 0.4) is 0 Å². The van der Waals surface area contributed by atoms with E-state index in [0.717, 1.165) is 19.4 Å². The van der Waals surface area contributed by atoms with Crippen molar-refractivity contribution >= 4 is 10.0 Å². The van der Waals surface area contributed by atoms with Gasteiger partial charge in [-0.15, -0.1) is 0 Å². The number of hydrogen-bond donors (Lipinski definition) is 2. The molecule has 19 heavy (non-hydrogen) atoms. The van der Waals surface area contributed by atoms with Gasteiger partial charge in [-0.25, -0.2) is 13.1 Å². The fraction of sp³-hybridized carbons (Fsp3) is 0.667. The molecule has 2 atom stereocenters. The first-order valence-electron chi connectivity index (χ1n) is 6.57. The summed E-state index contributed by atoms with van der Waals surface area (Å²) < 4.78 is 27.0. The molecule has 2 rings (SSSR count). The highest BCUT2D eigenvalue weighted by Gasteiger charge is 2.25. The smallest absolute Gasteiger partial charge is 0.220 e. The van der Waals surface area contributed by atoms with Gasteiger partial charge in [-0.2, -0.15) is 0 Å². The van der Waals surface area contributed by atoms with Crippen LogP contribution in [0.4, 0.5) is 0 Å². The van der Waals surface area contributed by atoms with Gasteiger partial charge in [0, 0.05) is 31.2 Å². The van der Waals surface area contributed by atoms with E-state index in [9.17, 15) is 8.42 Å². The Hall–Kier alpha value is -1.05. The Labute approximate surface area is 114 Å². The van der Waals surface area contributed by atoms with Crippen LogP contribution in [-0.2, 0) is 10.0 Å². The largest absolute Gasteiger partial charge is 0.313 e. The van der Waals surface area contributed by atoms with Crippen LogP contribution in [0.5, 0.6) is 0 Å². The molecule has 7 heteroatoms. The van der Waals surface area contributed by atoms with Crippen molar-refractivity contribution in [2.24, 2.45) is 0 Å². The first-order chi connectivity index (χ1) is 9.09. The summed E-state index contributed by atoms with van der Waals surface area (Å²) in [5, 5.41) is 2.63. The summed E-state index contributed by atoms with van der Waals surface area (Å²) in [5.74, 6) is 0. The molecule has 0 bridgehead atoms. The molecule has 2 N–H and O–H groups in total. The summed E-state index contributed by atoms with van der Waals surface area (Å²) in [6, 6.07) is 0.234. The van der Waals surface area contributed by atoms with E-state index in [1.54, 1.807) is 6.92 Å². The van der Waals surface area contributed by atoms with Crippen molar-refractivity contribution in [3.8, 4) is 0 Å². The van der Waals surface area contributed by atoms with Crippen LogP contribution in [-0.4, -0.2) is 37.5 Å². The molecule has 0 aliphatic carbocycles. The van der Waals surface area contributed by atoms with Gasteiger partial charge in [0.2, 0.25) is 10.0 Å². The van der Waals surface area contributed by atoms with Crippen molar-refractivity contribution in [1.29, 1.82) is 0 Å². The molecule has 0 amide bonds. The van der Waals surface area contributed by atoms with Gasteiger partial charge < -0.3 is 5.32 Å². The van der Waals surface area contributed by atoms with Crippen LogP contribution >= 0.6 is 0 Å². The predicted molar refractivity (Wildman–Crippen MR) is 73.0 cm³/mol. The molecule has 0 saturated carbocycles. The van der Waals surface area contributed by atoms with E-state index in [4.69, 9.17) is 0 Å². The van der Waals surface area contributed by atoms with Crippen LogP contribution in [0.2, 0.25) is 0 Å². The zero-order chi connectivity index (χ0) is 13.7. The van der Waals surface area contributed by atoms with E-state index < -0.39 is 15.3 Å². The van der Waals surface area contributed by atoms with Crippen molar-refractivity contribution in [3.63, 3.8) is 0 Å². The lowest BCUT2D eigenvalue weighted by Crippen LogP contribution is -2.44. The van der Waals surface area contributed by atoms with E-state index in [1.807, 2.05) is 0 Å². The molecule has 1 fully saturated rings. The zero-order valence-corrected chi connectivity index (χ0v) is 11.9. The summed E-state index contributed by atoms with van der Waals surface area (Å²) in [4.78, 5) is 7.94. The van der Waals surface area contributed by atoms with E-state index in [1.165, 1.54) is 25.0 Å². The standard InChI is InChI=1S/C12H20N4O2S/c1-10(12-9-13-6-7-15-12)19(17,18)16-8-11-4-2-3-5-14-11/h6-7,9-11,14,16H,2-5,8H2,1H3/t10-,11+/m0/s1. The highest BCUT2D eigenvalue weighted by Crippen LogP contribution is 2.17. The number of rotatable bonds is 5. The Kier molecular flexibility index (Phi) is 4.84. The van der Waals surface area contributed by atoms with Crippen LogP contribution in [0, 0.1) is 0 Å². The second-order valence-corrected chi connectivity index (χ2v) is 6.90. The summed E-state index contributed by atoms with van der Waals surface area (Å²) in [5.41, 5.74) is 0.464. The normalized spacial score (nSPS) is 22.1. The Morgan fingerprint density at radius 1 is 1.47 bits per heavy atom. The molecule has 2 heterocycles. The lowest BCUT2D eigenvalue weighted by Gasteiger charge is -2.24. The second kappa shape index (κ2) is 6.40.